The average molecular weight is 284 g/mol. The van der Waals surface area contributed by atoms with E-state index in [1.165, 1.54) is 14.0 Å². The minimum atomic E-state index is -1.20. The second-order valence-electron chi connectivity index (χ2n) is 3.98. The molecule has 0 spiro atoms. The predicted molar refractivity (Wildman–Crippen MR) is 67.5 cm³/mol. The smallest absolute Gasteiger partial charge is 0.338 e. The van der Waals surface area contributed by atoms with Gasteiger partial charge in [-0.2, -0.15) is 0 Å². The van der Waals surface area contributed by atoms with E-state index in [0.717, 1.165) is 12.3 Å². The number of hydrogen-bond acceptors (Lipinski definition) is 5. The van der Waals surface area contributed by atoms with Gasteiger partial charge in [0, 0.05) is 19.7 Å². The van der Waals surface area contributed by atoms with Crippen LogP contribution in [0.4, 0.5) is 0 Å². The molecule has 0 bridgehead atoms. The Morgan fingerprint density at radius 2 is 2.15 bits per heavy atom. The number of carbonyl (C=O) groups is 3. The van der Waals surface area contributed by atoms with E-state index in [4.69, 9.17) is 14.3 Å². The molecule has 3 N–H and O–H groups in total. The first-order chi connectivity index (χ1) is 9.45. The van der Waals surface area contributed by atoms with Crippen LogP contribution in [0, 0.1) is 0 Å². The molecule has 8 nitrogen and oxygen atoms in total. The van der Waals surface area contributed by atoms with Crippen LogP contribution < -0.4 is 10.6 Å². The van der Waals surface area contributed by atoms with E-state index in [1.54, 1.807) is 0 Å². The molecule has 0 radical (unpaired) electrons. The predicted octanol–water partition coefficient (Wildman–Crippen LogP) is -0.141. The highest BCUT2D eigenvalue weighted by Crippen LogP contribution is 2.07. The lowest BCUT2D eigenvalue weighted by molar-refractivity contribution is -0.122. The standard InChI is InChI=1S/C12H16N2O6/c1-7(10(15)13-3-4-19-2)14-11(16)9-5-8(6-20-9)12(17)18/h5-7H,3-4H2,1-2H3,(H,13,15)(H,14,16)(H,17,18). The Morgan fingerprint density at radius 3 is 2.70 bits per heavy atom. The number of furan rings is 1. The Bertz CT molecular complexity index is 496. The average Bonchev–Trinajstić information content (AvgIpc) is 2.88. The van der Waals surface area contributed by atoms with Crippen molar-refractivity contribution < 1.29 is 28.6 Å². The van der Waals surface area contributed by atoms with Gasteiger partial charge in [0.2, 0.25) is 5.91 Å². The van der Waals surface area contributed by atoms with Gasteiger partial charge in [-0.05, 0) is 6.92 Å². The van der Waals surface area contributed by atoms with Crippen LogP contribution in [0.1, 0.15) is 27.8 Å². The van der Waals surface area contributed by atoms with Crippen LogP contribution in [0.5, 0.6) is 0 Å². The molecule has 2 amide bonds. The summed E-state index contributed by atoms with van der Waals surface area (Å²) in [6.07, 6.45) is 0.959. The Morgan fingerprint density at radius 1 is 1.45 bits per heavy atom. The van der Waals surface area contributed by atoms with Crippen molar-refractivity contribution in [2.45, 2.75) is 13.0 Å². The molecule has 1 heterocycles. The first kappa shape index (κ1) is 15.7. The lowest BCUT2D eigenvalue weighted by atomic mass is 10.2. The minimum absolute atomic E-state index is 0.132. The van der Waals surface area contributed by atoms with Crippen molar-refractivity contribution in [3.8, 4) is 0 Å². The number of carboxylic acids is 1. The quantitative estimate of drug-likeness (QED) is 0.600. The molecular formula is C12H16N2O6. The number of ether oxygens (including phenoxy) is 1. The highest BCUT2D eigenvalue weighted by molar-refractivity contribution is 5.97. The van der Waals surface area contributed by atoms with Crippen LogP contribution in [-0.4, -0.2) is 49.2 Å². The minimum Gasteiger partial charge on any atom is -0.478 e. The van der Waals surface area contributed by atoms with Gasteiger partial charge in [-0.25, -0.2) is 4.79 Å². The van der Waals surface area contributed by atoms with E-state index >= 15 is 0 Å². The van der Waals surface area contributed by atoms with Gasteiger partial charge in [0.1, 0.15) is 12.3 Å². The number of methoxy groups -OCH3 is 1. The largest absolute Gasteiger partial charge is 0.478 e. The summed E-state index contributed by atoms with van der Waals surface area (Å²) in [6, 6.07) is 0.311. The normalized spacial score (nSPS) is 11.7. The zero-order chi connectivity index (χ0) is 15.1. The van der Waals surface area contributed by atoms with Crippen LogP contribution in [0.2, 0.25) is 0 Å². The molecule has 110 valence electrons. The molecule has 0 saturated heterocycles. The van der Waals surface area contributed by atoms with E-state index < -0.39 is 17.9 Å². The van der Waals surface area contributed by atoms with Gasteiger partial charge >= 0.3 is 5.97 Å². The van der Waals surface area contributed by atoms with Gasteiger partial charge in [0.15, 0.2) is 5.76 Å². The summed E-state index contributed by atoms with van der Waals surface area (Å²) >= 11 is 0. The topological polar surface area (TPSA) is 118 Å². The highest BCUT2D eigenvalue weighted by Gasteiger charge is 2.19. The number of carboxylic acid groups (broad SMARTS) is 1. The van der Waals surface area contributed by atoms with Crippen LogP contribution in [0.3, 0.4) is 0 Å². The van der Waals surface area contributed by atoms with Gasteiger partial charge in [-0.3, -0.25) is 9.59 Å². The summed E-state index contributed by atoms with van der Waals surface area (Å²) in [5.74, 6) is -2.40. The second-order valence-corrected chi connectivity index (χ2v) is 3.98. The number of nitrogens with one attached hydrogen (secondary N) is 2. The first-order valence-corrected chi connectivity index (χ1v) is 5.85. The molecule has 0 aliphatic rings. The molecule has 0 aromatic carbocycles. The Labute approximate surface area is 115 Å². The maximum absolute atomic E-state index is 11.7. The van der Waals surface area contributed by atoms with E-state index in [-0.39, 0.29) is 17.2 Å². The summed E-state index contributed by atoms with van der Waals surface area (Å²) in [5, 5.41) is 13.7. The fraction of sp³-hybridized carbons (Fsp3) is 0.417. The zero-order valence-corrected chi connectivity index (χ0v) is 11.1. The van der Waals surface area contributed by atoms with Gasteiger partial charge in [0.05, 0.1) is 12.2 Å². The molecule has 8 heteroatoms. The summed E-state index contributed by atoms with van der Waals surface area (Å²) < 4.78 is 9.60. The molecular weight excluding hydrogens is 268 g/mol. The van der Waals surface area contributed by atoms with Crippen molar-refractivity contribution in [3.05, 3.63) is 23.7 Å². The molecule has 1 rings (SSSR count). The zero-order valence-electron chi connectivity index (χ0n) is 11.1. The van der Waals surface area contributed by atoms with Crippen molar-refractivity contribution in [2.75, 3.05) is 20.3 Å². The molecule has 0 saturated carbocycles. The van der Waals surface area contributed by atoms with Crippen LogP contribution in [0.25, 0.3) is 0 Å². The fourth-order valence-electron chi connectivity index (χ4n) is 1.33. The van der Waals surface area contributed by atoms with Crippen LogP contribution in [-0.2, 0) is 9.53 Å². The monoisotopic (exact) mass is 284 g/mol. The maximum atomic E-state index is 11.7. The van der Waals surface area contributed by atoms with E-state index in [1.807, 2.05) is 0 Å². The second kappa shape index (κ2) is 7.29. The SMILES string of the molecule is COCCNC(=O)C(C)NC(=O)c1cc(C(=O)O)co1. The lowest BCUT2D eigenvalue weighted by Crippen LogP contribution is -2.45. The highest BCUT2D eigenvalue weighted by atomic mass is 16.5. The van der Waals surface area contributed by atoms with E-state index in [2.05, 4.69) is 10.6 Å². The molecule has 0 fully saturated rings. The Hall–Kier alpha value is -2.35. The van der Waals surface area contributed by atoms with E-state index in [9.17, 15) is 14.4 Å². The Balaban J connectivity index is 2.51. The summed E-state index contributed by atoms with van der Waals surface area (Å²) in [4.78, 5) is 34.0. The molecule has 1 unspecified atom stereocenters. The van der Waals surface area contributed by atoms with E-state index in [0.29, 0.717) is 13.2 Å². The summed E-state index contributed by atoms with van der Waals surface area (Å²) in [6.45, 7) is 2.20. The third-order valence-electron chi connectivity index (χ3n) is 2.42. The van der Waals surface area contributed by atoms with Crippen molar-refractivity contribution in [1.29, 1.82) is 0 Å². The lowest BCUT2D eigenvalue weighted by Gasteiger charge is -2.12. The molecule has 1 aromatic heterocycles. The molecule has 1 aromatic rings. The maximum Gasteiger partial charge on any atom is 0.338 e. The van der Waals surface area contributed by atoms with Gasteiger partial charge in [-0.1, -0.05) is 0 Å². The van der Waals surface area contributed by atoms with Gasteiger partial charge in [0.25, 0.3) is 5.91 Å². The fourth-order valence-corrected chi connectivity index (χ4v) is 1.33. The van der Waals surface area contributed by atoms with Crippen molar-refractivity contribution in [3.63, 3.8) is 0 Å². The summed E-state index contributed by atoms with van der Waals surface area (Å²) in [7, 11) is 1.51. The Kier molecular flexibility index (Phi) is 5.73. The van der Waals surface area contributed by atoms with Gasteiger partial charge < -0.3 is 24.9 Å². The third-order valence-corrected chi connectivity index (χ3v) is 2.42. The number of aromatic carboxylic acids is 1. The number of amides is 2. The number of hydrogen-bond donors (Lipinski definition) is 3. The van der Waals surface area contributed by atoms with Gasteiger partial charge in [-0.15, -0.1) is 0 Å². The third kappa shape index (κ3) is 4.39. The van der Waals surface area contributed by atoms with Crippen molar-refractivity contribution in [2.24, 2.45) is 0 Å². The van der Waals surface area contributed by atoms with Crippen molar-refractivity contribution in [1.82, 2.24) is 10.6 Å². The van der Waals surface area contributed by atoms with Crippen LogP contribution in [0.15, 0.2) is 16.7 Å². The molecule has 0 aliphatic carbocycles. The van der Waals surface area contributed by atoms with Crippen molar-refractivity contribution >= 4 is 17.8 Å². The first-order valence-electron chi connectivity index (χ1n) is 5.85. The molecule has 0 aliphatic heterocycles. The summed E-state index contributed by atoms with van der Waals surface area (Å²) in [5.41, 5.74) is -0.132. The number of carbonyl (C=O) groups excluding carboxylic acids is 2. The van der Waals surface area contributed by atoms with Crippen LogP contribution >= 0.6 is 0 Å². The molecule has 20 heavy (non-hydrogen) atoms. The molecule has 1 atom stereocenters. The number of rotatable bonds is 7.